The highest BCUT2D eigenvalue weighted by atomic mass is 35.5. The molecule has 0 saturated carbocycles. The van der Waals surface area contributed by atoms with Crippen LogP contribution in [0.3, 0.4) is 0 Å². The van der Waals surface area contributed by atoms with Crippen molar-refractivity contribution >= 4 is 39.7 Å². The van der Waals surface area contributed by atoms with Gasteiger partial charge in [0.05, 0.1) is 21.0 Å². The molecule has 28 heavy (non-hydrogen) atoms. The third-order valence-corrected chi connectivity index (χ3v) is 6.00. The van der Waals surface area contributed by atoms with E-state index in [1.54, 1.807) is 18.2 Å². The summed E-state index contributed by atoms with van der Waals surface area (Å²) in [6, 6.07) is 7.50. The van der Waals surface area contributed by atoms with E-state index in [2.05, 4.69) is 10.6 Å². The third kappa shape index (κ3) is 3.05. The normalized spacial score (nSPS) is 19.3. The summed E-state index contributed by atoms with van der Waals surface area (Å²) < 4.78 is 30.1. The van der Waals surface area contributed by atoms with E-state index >= 15 is 0 Å². The predicted molar refractivity (Wildman–Crippen MR) is 108 cm³/mol. The first kappa shape index (κ1) is 19.2. The Kier molecular flexibility index (Phi) is 4.81. The summed E-state index contributed by atoms with van der Waals surface area (Å²) in [6.07, 6.45) is 1.71. The molecule has 1 saturated heterocycles. The largest absolute Gasteiger partial charge is 0.374 e. The minimum Gasteiger partial charge on any atom is -0.374 e. The summed E-state index contributed by atoms with van der Waals surface area (Å²) in [4.78, 5) is 12.4. The van der Waals surface area contributed by atoms with Crippen LogP contribution in [0.4, 0.5) is 14.5 Å². The number of nitrogens with one attached hydrogen (secondary N) is 2. The van der Waals surface area contributed by atoms with Gasteiger partial charge < -0.3 is 15.2 Å². The number of nitrogens with zero attached hydrogens (tertiary/aromatic N) is 1. The maximum atomic E-state index is 14.7. The van der Waals surface area contributed by atoms with Crippen molar-refractivity contribution in [3.05, 3.63) is 74.1 Å². The Hall–Kier alpha value is -2.15. The van der Waals surface area contributed by atoms with Gasteiger partial charge in [0.1, 0.15) is 11.6 Å². The molecule has 4 rings (SSSR count). The molecule has 1 fully saturated rings. The topological polar surface area (TPSA) is 46.1 Å². The highest BCUT2D eigenvalue weighted by Gasteiger charge is 2.40. The van der Waals surface area contributed by atoms with Crippen molar-refractivity contribution in [3.8, 4) is 0 Å². The molecule has 1 aromatic heterocycles. The minimum atomic E-state index is -0.849. The molecule has 1 unspecified atom stereocenters. The fraction of sp³-hybridized carbons (Fsp3) is 0.250. The van der Waals surface area contributed by atoms with Gasteiger partial charge in [0.15, 0.2) is 0 Å². The molecule has 2 heterocycles. The highest BCUT2D eigenvalue weighted by Crippen LogP contribution is 2.41. The second-order valence-electron chi connectivity index (χ2n) is 7.01. The molecule has 0 amide bonds. The molecule has 1 aliphatic heterocycles. The Morgan fingerprint density at radius 3 is 2.64 bits per heavy atom. The summed E-state index contributed by atoms with van der Waals surface area (Å²) in [5, 5.41) is 7.43. The summed E-state index contributed by atoms with van der Waals surface area (Å²) in [5.74, 6) is -0.946. The second-order valence-corrected chi connectivity index (χ2v) is 7.79. The first-order valence-electron chi connectivity index (χ1n) is 8.74. The lowest BCUT2D eigenvalue weighted by molar-refractivity contribution is 0.496. The zero-order valence-corrected chi connectivity index (χ0v) is 16.5. The van der Waals surface area contributed by atoms with Gasteiger partial charge in [-0.15, -0.1) is 0 Å². The second kappa shape index (κ2) is 7.03. The smallest absolute Gasteiger partial charge is 0.258 e. The van der Waals surface area contributed by atoms with Crippen molar-refractivity contribution in [2.75, 3.05) is 18.4 Å². The van der Waals surface area contributed by atoms with E-state index in [9.17, 15) is 13.6 Å². The molecular formula is C20H17Cl2F2N3O. The number of benzene rings is 2. The number of aromatic nitrogens is 1. The van der Waals surface area contributed by atoms with Gasteiger partial charge in [-0.2, -0.15) is 0 Å². The van der Waals surface area contributed by atoms with Crippen molar-refractivity contribution in [1.82, 2.24) is 9.88 Å². The van der Waals surface area contributed by atoms with Gasteiger partial charge in [0, 0.05) is 36.4 Å². The molecule has 2 N–H and O–H groups in total. The van der Waals surface area contributed by atoms with Gasteiger partial charge in [-0.05, 0) is 43.3 Å². The monoisotopic (exact) mass is 423 g/mol. The van der Waals surface area contributed by atoms with Crippen molar-refractivity contribution < 1.29 is 8.78 Å². The summed E-state index contributed by atoms with van der Waals surface area (Å²) >= 11 is 12.5. The summed E-state index contributed by atoms with van der Waals surface area (Å²) in [5.41, 5.74) is -0.322. The van der Waals surface area contributed by atoms with Crippen molar-refractivity contribution in [2.45, 2.75) is 12.0 Å². The lowest BCUT2D eigenvalue weighted by Crippen LogP contribution is -2.39. The fourth-order valence-corrected chi connectivity index (χ4v) is 4.30. The number of fused-ring (bicyclic) bond motifs is 1. The van der Waals surface area contributed by atoms with Crippen LogP contribution >= 0.6 is 23.2 Å². The van der Waals surface area contributed by atoms with Crippen LogP contribution in [0, 0.1) is 11.6 Å². The van der Waals surface area contributed by atoms with E-state index in [0.717, 1.165) is 6.20 Å². The van der Waals surface area contributed by atoms with Gasteiger partial charge in [0.25, 0.3) is 5.56 Å². The van der Waals surface area contributed by atoms with E-state index in [-0.39, 0.29) is 31.9 Å². The molecule has 4 nitrogen and oxygen atoms in total. The predicted octanol–water partition coefficient (Wildman–Crippen LogP) is 4.42. The molecule has 1 aliphatic rings. The molecule has 3 aromatic rings. The first-order valence-corrected chi connectivity index (χ1v) is 9.50. The zero-order chi connectivity index (χ0) is 20.1. The van der Waals surface area contributed by atoms with Crippen LogP contribution in [0.1, 0.15) is 12.0 Å². The van der Waals surface area contributed by atoms with Crippen molar-refractivity contribution in [3.63, 3.8) is 0 Å². The van der Waals surface area contributed by atoms with Crippen molar-refractivity contribution in [2.24, 2.45) is 7.05 Å². The minimum absolute atomic E-state index is 0.153. The number of pyridine rings is 1. The standard InChI is InChI=1S/C20H17Cl2F2N3O/c1-27-9-16(24)12-3-2-11(8-13(12)19(27)28)26-20(6-7-25-10-20)17-15(23)5-4-14(21)18(17)22/h2-5,8-9,25-26H,6-7,10H2,1H3. The molecule has 8 heteroatoms. The molecule has 0 bridgehead atoms. The van der Waals surface area contributed by atoms with Gasteiger partial charge in [-0.1, -0.05) is 23.2 Å². The summed E-state index contributed by atoms with van der Waals surface area (Å²) in [7, 11) is 1.49. The van der Waals surface area contributed by atoms with E-state index in [4.69, 9.17) is 23.2 Å². The van der Waals surface area contributed by atoms with Crippen LogP contribution < -0.4 is 16.2 Å². The van der Waals surface area contributed by atoms with Crippen molar-refractivity contribution in [1.29, 1.82) is 0 Å². The van der Waals surface area contributed by atoms with E-state index < -0.39 is 17.2 Å². The molecule has 0 aliphatic carbocycles. The van der Waals surface area contributed by atoms with Crippen LogP contribution in [0.15, 0.2) is 41.3 Å². The van der Waals surface area contributed by atoms with Crippen LogP contribution in [0.2, 0.25) is 10.0 Å². The first-order chi connectivity index (χ1) is 13.3. The Morgan fingerprint density at radius 1 is 1.14 bits per heavy atom. The number of hydrogen-bond donors (Lipinski definition) is 2. The Labute approximate surface area is 170 Å². The fourth-order valence-electron chi connectivity index (χ4n) is 3.81. The molecule has 0 radical (unpaired) electrons. The number of halogens is 4. The lowest BCUT2D eigenvalue weighted by Gasteiger charge is -2.33. The molecule has 1 atom stereocenters. The maximum Gasteiger partial charge on any atom is 0.258 e. The Balaban J connectivity index is 1.85. The maximum absolute atomic E-state index is 14.7. The van der Waals surface area contributed by atoms with E-state index in [1.165, 1.54) is 23.7 Å². The average Bonchev–Trinajstić information content (AvgIpc) is 3.12. The van der Waals surface area contributed by atoms with Gasteiger partial charge in [-0.25, -0.2) is 8.78 Å². The zero-order valence-electron chi connectivity index (χ0n) is 15.0. The van der Waals surface area contributed by atoms with E-state index in [0.29, 0.717) is 25.2 Å². The van der Waals surface area contributed by atoms with Crippen LogP contribution in [-0.4, -0.2) is 17.7 Å². The van der Waals surface area contributed by atoms with E-state index in [1.807, 2.05) is 0 Å². The molecule has 0 spiro atoms. The average molecular weight is 424 g/mol. The number of aryl methyl sites for hydroxylation is 1. The van der Waals surface area contributed by atoms with Crippen LogP contribution in [0.5, 0.6) is 0 Å². The van der Waals surface area contributed by atoms with Crippen LogP contribution in [0.25, 0.3) is 10.8 Å². The quantitative estimate of drug-likeness (QED) is 0.612. The summed E-state index contributed by atoms with van der Waals surface area (Å²) in [6.45, 7) is 1.07. The Morgan fingerprint density at radius 2 is 1.93 bits per heavy atom. The third-order valence-electron chi connectivity index (χ3n) is 5.20. The van der Waals surface area contributed by atoms with Crippen LogP contribution in [-0.2, 0) is 12.6 Å². The molecule has 2 aromatic carbocycles. The number of rotatable bonds is 3. The van der Waals surface area contributed by atoms with Gasteiger partial charge in [0.2, 0.25) is 0 Å². The SMILES string of the molecule is Cn1cc(F)c2ccc(NC3(c4c(F)ccc(Cl)c4Cl)CCNC3)cc2c1=O. The Bertz CT molecular complexity index is 1140. The van der Waals surface area contributed by atoms with Gasteiger partial charge in [-0.3, -0.25) is 4.79 Å². The van der Waals surface area contributed by atoms with Gasteiger partial charge >= 0.3 is 0 Å². The lowest BCUT2D eigenvalue weighted by atomic mass is 9.87. The number of anilines is 1. The highest BCUT2D eigenvalue weighted by molar-refractivity contribution is 6.42. The number of hydrogen-bond acceptors (Lipinski definition) is 3. The molecular weight excluding hydrogens is 407 g/mol. The molecule has 146 valence electrons.